The number of benzene rings is 2. The van der Waals surface area contributed by atoms with Gasteiger partial charge in [0.15, 0.2) is 0 Å². The van der Waals surface area contributed by atoms with Crippen molar-refractivity contribution in [2.75, 3.05) is 0 Å². The molecule has 1 aromatic heterocycles. The number of para-hydroxylation sites is 1. The van der Waals surface area contributed by atoms with Crippen molar-refractivity contribution in [3.8, 4) is 10.6 Å². The molecule has 0 aliphatic carbocycles. The average Bonchev–Trinajstić information content (AvgIpc) is 2.74. The highest BCUT2D eigenvalue weighted by Crippen LogP contribution is 2.34. The van der Waals surface area contributed by atoms with E-state index in [4.69, 9.17) is 11.6 Å². The Bertz CT molecular complexity index is 730. The molecule has 0 saturated carbocycles. The Hall–Kier alpha value is -1.38. The van der Waals surface area contributed by atoms with Gasteiger partial charge in [-0.05, 0) is 31.5 Å². The standard InChI is InChI=1S/C15H12ClNS/c1-9-6-7-11(10(2)8-9)15-17-14-12(16)4-3-5-13(14)18-15/h3-8H,1-2H3. The van der Waals surface area contributed by atoms with E-state index < -0.39 is 0 Å². The summed E-state index contributed by atoms with van der Waals surface area (Å²) in [6.45, 7) is 4.22. The van der Waals surface area contributed by atoms with Crippen molar-refractivity contribution in [2.24, 2.45) is 0 Å². The largest absolute Gasteiger partial charge is 0.234 e. The van der Waals surface area contributed by atoms with Gasteiger partial charge in [0, 0.05) is 5.56 Å². The van der Waals surface area contributed by atoms with E-state index in [-0.39, 0.29) is 0 Å². The molecule has 0 unspecified atom stereocenters. The molecule has 0 spiro atoms. The van der Waals surface area contributed by atoms with Crippen LogP contribution in [0.5, 0.6) is 0 Å². The summed E-state index contributed by atoms with van der Waals surface area (Å²) >= 11 is 7.86. The summed E-state index contributed by atoms with van der Waals surface area (Å²) in [7, 11) is 0. The first-order valence-electron chi connectivity index (χ1n) is 5.78. The summed E-state index contributed by atoms with van der Waals surface area (Å²) in [5.74, 6) is 0. The number of hydrogen-bond donors (Lipinski definition) is 0. The highest BCUT2D eigenvalue weighted by Gasteiger charge is 2.10. The van der Waals surface area contributed by atoms with E-state index >= 15 is 0 Å². The van der Waals surface area contributed by atoms with Gasteiger partial charge in [-0.2, -0.15) is 0 Å². The fourth-order valence-electron chi connectivity index (χ4n) is 2.08. The third-order valence-corrected chi connectivity index (χ3v) is 4.34. The van der Waals surface area contributed by atoms with Crippen LogP contribution in [-0.4, -0.2) is 4.98 Å². The van der Waals surface area contributed by atoms with Crippen LogP contribution in [0.3, 0.4) is 0 Å². The van der Waals surface area contributed by atoms with Crippen LogP contribution in [0.2, 0.25) is 5.02 Å². The number of rotatable bonds is 1. The zero-order valence-corrected chi connectivity index (χ0v) is 11.8. The molecule has 0 radical (unpaired) electrons. The average molecular weight is 274 g/mol. The summed E-state index contributed by atoms with van der Waals surface area (Å²) in [6.07, 6.45) is 0. The fraction of sp³-hybridized carbons (Fsp3) is 0.133. The Labute approximate surface area is 115 Å². The van der Waals surface area contributed by atoms with E-state index in [1.165, 1.54) is 16.7 Å². The van der Waals surface area contributed by atoms with Crippen LogP contribution in [0, 0.1) is 13.8 Å². The van der Waals surface area contributed by atoms with Gasteiger partial charge in [0.05, 0.1) is 9.72 Å². The predicted octanol–water partition coefficient (Wildman–Crippen LogP) is 5.23. The Morgan fingerprint density at radius 2 is 1.94 bits per heavy atom. The van der Waals surface area contributed by atoms with Gasteiger partial charge in [-0.25, -0.2) is 4.98 Å². The zero-order valence-electron chi connectivity index (χ0n) is 10.2. The highest BCUT2D eigenvalue weighted by molar-refractivity contribution is 7.21. The van der Waals surface area contributed by atoms with Crippen molar-refractivity contribution in [2.45, 2.75) is 13.8 Å². The van der Waals surface area contributed by atoms with Crippen LogP contribution < -0.4 is 0 Å². The van der Waals surface area contributed by atoms with Crippen molar-refractivity contribution in [1.29, 1.82) is 0 Å². The Balaban J connectivity index is 2.23. The lowest BCUT2D eigenvalue weighted by molar-refractivity contribution is 1.36. The first kappa shape index (κ1) is 11.7. The maximum absolute atomic E-state index is 6.17. The number of hydrogen-bond acceptors (Lipinski definition) is 2. The molecular formula is C15H12ClNS. The normalized spacial score (nSPS) is 11.1. The third-order valence-electron chi connectivity index (χ3n) is 2.98. The van der Waals surface area contributed by atoms with Gasteiger partial charge < -0.3 is 0 Å². The van der Waals surface area contributed by atoms with E-state index in [0.717, 1.165) is 20.2 Å². The Morgan fingerprint density at radius 3 is 2.67 bits per heavy atom. The number of aromatic nitrogens is 1. The summed E-state index contributed by atoms with van der Waals surface area (Å²) in [5, 5.41) is 1.76. The smallest absolute Gasteiger partial charge is 0.124 e. The van der Waals surface area contributed by atoms with Crippen molar-refractivity contribution in [3.63, 3.8) is 0 Å². The minimum absolute atomic E-state index is 0.722. The van der Waals surface area contributed by atoms with Crippen LogP contribution >= 0.6 is 22.9 Å². The zero-order chi connectivity index (χ0) is 12.7. The number of aryl methyl sites for hydroxylation is 2. The molecule has 0 aliphatic heterocycles. The van der Waals surface area contributed by atoms with Gasteiger partial charge in [0.25, 0.3) is 0 Å². The summed E-state index contributed by atoms with van der Waals surface area (Å²) in [4.78, 5) is 4.66. The first-order chi connectivity index (χ1) is 8.65. The van der Waals surface area contributed by atoms with E-state index in [2.05, 4.69) is 43.1 Å². The molecular weight excluding hydrogens is 262 g/mol. The first-order valence-corrected chi connectivity index (χ1v) is 6.97. The van der Waals surface area contributed by atoms with E-state index in [9.17, 15) is 0 Å². The number of fused-ring (bicyclic) bond motifs is 1. The molecule has 0 N–H and O–H groups in total. The second kappa shape index (κ2) is 4.38. The van der Waals surface area contributed by atoms with Gasteiger partial charge in [-0.15, -0.1) is 11.3 Å². The predicted molar refractivity (Wildman–Crippen MR) is 79.5 cm³/mol. The topological polar surface area (TPSA) is 12.9 Å². The van der Waals surface area contributed by atoms with Crippen LogP contribution in [0.1, 0.15) is 11.1 Å². The van der Waals surface area contributed by atoms with Crippen LogP contribution in [-0.2, 0) is 0 Å². The molecule has 90 valence electrons. The van der Waals surface area contributed by atoms with Crippen molar-refractivity contribution in [1.82, 2.24) is 4.98 Å². The molecule has 0 atom stereocenters. The van der Waals surface area contributed by atoms with Gasteiger partial charge >= 0.3 is 0 Å². The summed E-state index contributed by atoms with van der Waals surface area (Å²) in [6, 6.07) is 12.4. The van der Waals surface area contributed by atoms with Gasteiger partial charge in [0.1, 0.15) is 10.5 Å². The number of nitrogens with zero attached hydrogens (tertiary/aromatic N) is 1. The van der Waals surface area contributed by atoms with E-state index in [1.54, 1.807) is 11.3 Å². The molecule has 1 nitrogen and oxygen atoms in total. The summed E-state index contributed by atoms with van der Waals surface area (Å²) < 4.78 is 1.14. The fourth-order valence-corrected chi connectivity index (χ4v) is 3.44. The molecule has 0 bridgehead atoms. The maximum Gasteiger partial charge on any atom is 0.124 e. The molecule has 1 heterocycles. The molecule has 3 rings (SSSR count). The second-order valence-corrected chi connectivity index (χ2v) is 5.86. The lowest BCUT2D eigenvalue weighted by Crippen LogP contribution is -1.83. The minimum atomic E-state index is 0.722. The van der Waals surface area contributed by atoms with Gasteiger partial charge in [0.2, 0.25) is 0 Å². The molecule has 0 aliphatic rings. The molecule has 3 heteroatoms. The minimum Gasteiger partial charge on any atom is -0.234 e. The van der Waals surface area contributed by atoms with Crippen molar-refractivity contribution >= 4 is 33.2 Å². The molecule has 3 aromatic rings. The molecule has 0 saturated heterocycles. The summed E-state index contributed by atoms with van der Waals surface area (Å²) in [5.41, 5.74) is 4.62. The van der Waals surface area contributed by atoms with Crippen LogP contribution in [0.15, 0.2) is 36.4 Å². The highest BCUT2D eigenvalue weighted by atomic mass is 35.5. The molecule has 0 fully saturated rings. The monoisotopic (exact) mass is 273 g/mol. The van der Waals surface area contributed by atoms with Gasteiger partial charge in [-0.3, -0.25) is 0 Å². The quantitative estimate of drug-likeness (QED) is 0.591. The second-order valence-electron chi connectivity index (χ2n) is 4.42. The lowest BCUT2D eigenvalue weighted by atomic mass is 10.1. The molecule has 2 aromatic carbocycles. The lowest BCUT2D eigenvalue weighted by Gasteiger charge is -2.02. The van der Waals surface area contributed by atoms with Crippen molar-refractivity contribution < 1.29 is 0 Å². The van der Waals surface area contributed by atoms with E-state index in [0.29, 0.717) is 0 Å². The SMILES string of the molecule is Cc1ccc(-c2nc3c(Cl)cccc3s2)c(C)c1. The third kappa shape index (κ3) is 1.92. The Morgan fingerprint density at radius 1 is 1.11 bits per heavy atom. The van der Waals surface area contributed by atoms with Crippen LogP contribution in [0.4, 0.5) is 0 Å². The van der Waals surface area contributed by atoms with Crippen molar-refractivity contribution in [3.05, 3.63) is 52.5 Å². The molecule has 18 heavy (non-hydrogen) atoms. The number of thiazole rings is 1. The number of halogens is 1. The molecule has 0 amide bonds. The Kier molecular flexibility index (Phi) is 2.84. The van der Waals surface area contributed by atoms with E-state index in [1.807, 2.05) is 12.1 Å². The maximum atomic E-state index is 6.17. The van der Waals surface area contributed by atoms with Crippen LogP contribution in [0.25, 0.3) is 20.8 Å². The van der Waals surface area contributed by atoms with Gasteiger partial charge in [-0.1, -0.05) is 41.4 Å².